The summed E-state index contributed by atoms with van der Waals surface area (Å²) in [5, 5.41) is 3.08. The molecule has 1 aromatic carbocycles. The summed E-state index contributed by atoms with van der Waals surface area (Å²) >= 11 is 0. The van der Waals surface area contributed by atoms with Crippen LogP contribution in [0.15, 0.2) is 52.0 Å². The van der Waals surface area contributed by atoms with Gasteiger partial charge >= 0.3 is 0 Å². The van der Waals surface area contributed by atoms with Crippen LogP contribution in [-0.4, -0.2) is 62.0 Å². The molecule has 178 valence electrons. The van der Waals surface area contributed by atoms with Gasteiger partial charge in [-0.1, -0.05) is 12.1 Å². The number of hydrogen-bond donors (Lipinski definition) is 1. The van der Waals surface area contributed by atoms with E-state index in [1.165, 1.54) is 23.4 Å². The van der Waals surface area contributed by atoms with Gasteiger partial charge < -0.3 is 9.73 Å². The highest BCUT2D eigenvalue weighted by atomic mass is 32.2. The van der Waals surface area contributed by atoms with E-state index in [9.17, 15) is 18.0 Å². The third-order valence-corrected chi connectivity index (χ3v) is 8.52. The maximum Gasteiger partial charge on any atom is 0.243 e. The molecule has 0 spiro atoms. The van der Waals surface area contributed by atoms with Gasteiger partial charge in [-0.3, -0.25) is 14.5 Å². The summed E-state index contributed by atoms with van der Waals surface area (Å²) in [4.78, 5) is 26.9. The SMILES string of the molecule is CC(=O)c1cccc(S(=O)(=O)N2CCC(C(=O)NC[C@@H](c3ccco3)N3CCCC3)CC2)c1. The van der Waals surface area contributed by atoms with Crippen LogP contribution >= 0.6 is 0 Å². The number of ketones is 1. The molecule has 0 saturated carbocycles. The van der Waals surface area contributed by atoms with Crippen molar-refractivity contribution >= 4 is 21.7 Å². The molecule has 1 atom stereocenters. The van der Waals surface area contributed by atoms with Crippen LogP contribution in [0.2, 0.25) is 0 Å². The lowest BCUT2D eigenvalue weighted by molar-refractivity contribution is -0.126. The molecule has 3 heterocycles. The van der Waals surface area contributed by atoms with Crippen molar-refractivity contribution < 1.29 is 22.4 Å². The molecule has 2 fully saturated rings. The zero-order valence-electron chi connectivity index (χ0n) is 18.9. The number of amides is 1. The number of sulfonamides is 1. The molecule has 1 amide bonds. The normalized spacial score (nSPS) is 19.4. The first kappa shape index (κ1) is 23.7. The Balaban J connectivity index is 1.34. The number of carbonyl (C=O) groups is 2. The molecule has 0 bridgehead atoms. The molecule has 0 aliphatic carbocycles. The molecule has 33 heavy (non-hydrogen) atoms. The summed E-state index contributed by atoms with van der Waals surface area (Å²) in [6, 6.07) is 9.94. The average molecular weight is 474 g/mol. The Hall–Kier alpha value is -2.49. The van der Waals surface area contributed by atoms with Gasteiger partial charge in [0.25, 0.3) is 0 Å². The van der Waals surface area contributed by atoms with Crippen LogP contribution in [0.5, 0.6) is 0 Å². The predicted octanol–water partition coefficient (Wildman–Crippen LogP) is 2.84. The number of piperidine rings is 1. The lowest BCUT2D eigenvalue weighted by atomic mass is 9.97. The molecule has 2 aliphatic heterocycles. The van der Waals surface area contributed by atoms with E-state index in [-0.39, 0.29) is 41.6 Å². The van der Waals surface area contributed by atoms with E-state index in [0.29, 0.717) is 24.9 Å². The zero-order valence-corrected chi connectivity index (χ0v) is 19.7. The topological polar surface area (TPSA) is 99.9 Å². The number of Topliss-reactive ketones (excluding diaryl/α,β-unsaturated/α-hetero) is 1. The van der Waals surface area contributed by atoms with Gasteiger partial charge in [0.05, 0.1) is 17.2 Å². The van der Waals surface area contributed by atoms with Crippen molar-refractivity contribution in [1.29, 1.82) is 0 Å². The fraction of sp³-hybridized carbons (Fsp3) is 0.500. The van der Waals surface area contributed by atoms with Crippen LogP contribution < -0.4 is 5.32 Å². The van der Waals surface area contributed by atoms with Gasteiger partial charge in [0, 0.05) is 31.1 Å². The summed E-state index contributed by atoms with van der Waals surface area (Å²) in [5.41, 5.74) is 0.370. The van der Waals surface area contributed by atoms with Crippen molar-refractivity contribution in [3.05, 3.63) is 54.0 Å². The first-order valence-electron chi connectivity index (χ1n) is 11.5. The Morgan fingerprint density at radius 1 is 1.09 bits per heavy atom. The second-order valence-electron chi connectivity index (χ2n) is 8.78. The maximum atomic E-state index is 13.0. The number of nitrogens with zero attached hydrogens (tertiary/aromatic N) is 2. The van der Waals surface area contributed by atoms with Gasteiger partial charge in [-0.25, -0.2) is 8.42 Å². The van der Waals surface area contributed by atoms with Crippen molar-refractivity contribution in [2.75, 3.05) is 32.7 Å². The third kappa shape index (κ3) is 5.37. The molecule has 0 radical (unpaired) electrons. The minimum absolute atomic E-state index is 0.0143. The lowest BCUT2D eigenvalue weighted by Gasteiger charge is -2.31. The largest absolute Gasteiger partial charge is 0.468 e. The molecule has 1 aromatic heterocycles. The Kier molecular flexibility index (Phi) is 7.31. The molecular formula is C24H31N3O5S. The summed E-state index contributed by atoms with van der Waals surface area (Å²) in [6.45, 7) is 4.42. The Morgan fingerprint density at radius 3 is 2.45 bits per heavy atom. The summed E-state index contributed by atoms with van der Waals surface area (Å²) < 4.78 is 33.1. The van der Waals surface area contributed by atoms with Crippen molar-refractivity contribution in [2.45, 2.75) is 43.5 Å². The number of rotatable bonds is 8. The second kappa shape index (κ2) is 10.2. The van der Waals surface area contributed by atoms with Crippen LogP contribution in [0.3, 0.4) is 0 Å². The molecule has 0 unspecified atom stereocenters. The first-order valence-corrected chi connectivity index (χ1v) is 13.0. The minimum Gasteiger partial charge on any atom is -0.468 e. The Labute approximate surface area is 195 Å². The van der Waals surface area contributed by atoms with Crippen molar-refractivity contribution in [3.63, 3.8) is 0 Å². The Morgan fingerprint density at radius 2 is 1.82 bits per heavy atom. The fourth-order valence-electron chi connectivity index (χ4n) is 4.67. The van der Waals surface area contributed by atoms with E-state index < -0.39 is 10.0 Å². The van der Waals surface area contributed by atoms with Gasteiger partial charge in [-0.15, -0.1) is 0 Å². The van der Waals surface area contributed by atoms with Gasteiger partial charge in [0.1, 0.15) is 5.76 Å². The average Bonchev–Trinajstić information content (AvgIpc) is 3.54. The van der Waals surface area contributed by atoms with Crippen molar-refractivity contribution in [2.24, 2.45) is 5.92 Å². The number of furan rings is 1. The maximum absolute atomic E-state index is 13.0. The fourth-order valence-corrected chi connectivity index (χ4v) is 6.18. The molecule has 2 aromatic rings. The Bertz CT molecular complexity index is 1070. The number of likely N-dealkylation sites (tertiary alicyclic amines) is 1. The zero-order chi connectivity index (χ0) is 23.4. The third-order valence-electron chi connectivity index (χ3n) is 6.63. The molecule has 2 aliphatic rings. The van der Waals surface area contributed by atoms with Crippen LogP contribution in [-0.2, 0) is 14.8 Å². The van der Waals surface area contributed by atoms with Crippen molar-refractivity contribution in [3.8, 4) is 0 Å². The molecule has 9 heteroatoms. The van der Waals surface area contributed by atoms with E-state index in [4.69, 9.17) is 4.42 Å². The monoisotopic (exact) mass is 473 g/mol. The predicted molar refractivity (Wildman–Crippen MR) is 123 cm³/mol. The van der Waals surface area contributed by atoms with Gasteiger partial charge in [0.15, 0.2) is 5.78 Å². The molecule has 1 N–H and O–H groups in total. The first-order chi connectivity index (χ1) is 15.9. The highest BCUT2D eigenvalue weighted by Crippen LogP contribution is 2.27. The van der Waals surface area contributed by atoms with Crippen molar-refractivity contribution in [1.82, 2.24) is 14.5 Å². The second-order valence-corrected chi connectivity index (χ2v) is 10.7. The van der Waals surface area contributed by atoms with E-state index in [1.807, 2.05) is 12.1 Å². The summed E-state index contributed by atoms with van der Waals surface area (Å²) in [7, 11) is -3.70. The summed E-state index contributed by atoms with van der Waals surface area (Å²) in [5.74, 6) is 0.410. The van der Waals surface area contributed by atoms with Crippen LogP contribution in [0.25, 0.3) is 0 Å². The quantitative estimate of drug-likeness (QED) is 0.592. The summed E-state index contributed by atoms with van der Waals surface area (Å²) in [6.07, 6.45) is 4.88. The number of hydrogen-bond acceptors (Lipinski definition) is 6. The number of carbonyl (C=O) groups excluding carboxylic acids is 2. The van der Waals surface area contributed by atoms with E-state index in [1.54, 1.807) is 18.4 Å². The number of benzene rings is 1. The van der Waals surface area contributed by atoms with Crippen LogP contribution in [0.1, 0.15) is 54.8 Å². The van der Waals surface area contributed by atoms with Crippen LogP contribution in [0, 0.1) is 5.92 Å². The van der Waals surface area contributed by atoms with Gasteiger partial charge in [-0.05, 0) is 70.0 Å². The van der Waals surface area contributed by atoms with E-state index >= 15 is 0 Å². The lowest BCUT2D eigenvalue weighted by Crippen LogP contribution is -2.44. The van der Waals surface area contributed by atoms with Gasteiger partial charge in [0.2, 0.25) is 15.9 Å². The molecule has 2 saturated heterocycles. The smallest absolute Gasteiger partial charge is 0.243 e. The molecular weight excluding hydrogens is 442 g/mol. The minimum atomic E-state index is -3.70. The molecule has 4 rings (SSSR count). The van der Waals surface area contributed by atoms with Crippen LogP contribution in [0.4, 0.5) is 0 Å². The van der Waals surface area contributed by atoms with Gasteiger partial charge in [-0.2, -0.15) is 4.31 Å². The van der Waals surface area contributed by atoms with E-state index in [2.05, 4.69) is 10.2 Å². The number of nitrogens with one attached hydrogen (secondary N) is 1. The van der Waals surface area contributed by atoms with E-state index in [0.717, 1.165) is 31.7 Å². The highest BCUT2D eigenvalue weighted by molar-refractivity contribution is 7.89. The molecule has 8 nitrogen and oxygen atoms in total. The highest BCUT2D eigenvalue weighted by Gasteiger charge is 2.33. The standard InChI is InChI=1S/C24H31N3O5S/c1-18(28)20-6-4-7-21(16-20)33(30,31)27-13-9-19(10-14-27)24(29)25-17-22(23-8-5-15-32-23)26-11-2-3-12-26/h4-8,15-16,19,22H,2-3,9-14,17H2,1H3,(H,25,29)/t22-/m0/s1.